The highest BCUT2D eigenvalue weighted by atomic mass is 15.7. The molecule has 2 aromatic rings. The molecule has 5 nitrogen and oxygen atoms in total. The largest absolute Gasteiger partial charge is 0.263 e. The van der Waals surface area contributed by atoms with Crippen molar-refractivity contribution in [3.05, 3.63) is 70.9 Å². The number of rotatable bonds is 2. The Bertz CT molecular complexity index is 852. The van der Waals surface area contributed by atoms with Crippen molar-refractivity contribution in [1.29, 1.82) is 0 Å². The molecule has 1 N–H and O–H groups in total. The van der Waals surface area contributed by atoms with E-state index in [-0.39, 0.29) is 0 Å². The smallest absolute Gasteiger partial charge is 0.120 e. The predicted molar refractivity (Wildman–Crippen MR) is 81.1 cm³/mol. The molecular formula is C16H13N5. The molecule has 0 bridgehead atoms. The van der Waals surface area contributed by atoms with Crippen molar-refractivity contribution in [2.45, 2.75) is 6.54 Å². The summed E-state index contributed by atoms with van der Waals surface area (Å²) >= 11 is 0. The van der Waals surface area contributed by atoms with Gasteiger partial charge in [-0.3, -0.25) is 5.01 Å². The van der Waals surface area contributed by atoms with Crippen molar-refractivity contribution in [3.63, 3.8) is 0 Å². The lowest BCUT2D eigenvalue weighted by Crippen LogP contribution is -2.31. The van der Waals surface area contributed by atoms with Crippen molar-refractivity contribution < 1.29 is 0 Å². The number of benzene rings is 2. The minimum atomic E-state index is 0.719. The van der Waals surface area contributed by atoms with Crippen LogP contribution in [0, 0.1) is 0 Å². The number of nitrogens with one attached hydrogen (secondary N) is 1. The molecule has 0 atom stereocenters. The van der Waals surface area contributed by atoms with E-state index in [0.717, 1.165) is 28.5 Å². The van der Waals surface area contributed by atoms with Gasteiger partial charge in [-0.15, -0.1) is 5.11 Å². The van der Waals surface area contributed by atoms with Gasteiger partial charge in [-0.25, -0.2) is 5.53 Å². The lowest BCUT2D eigenvalue weighted by atomic mass is 10.1. The maximum atomic E-state index is 4.36. The van der Waals surface area contributed by atoms with Crippen molar-refractivity contribution in [1.82, 2.24) is 5.53 Å². The van der Waals surface area contributed by atoms with Crippen molar-refractivity contribution >= 4 is 17.5 Å². The van der Waals surface area contributed by atoms with Crippen LogP contribution >= 0.6 is 0 Å². The number of allylic oxidation sites excluding steroid dienone is 1. The Morgan fingerprint density at radius 3 is 2.86 bits per heavy atom. The molecule has 0 radical (unpaired) electrons. The molecule has 0 aliphatic carbocycles. The Kier molecular flexibility index (Phi) is 2.74. The van der Waals surface area contributed by atoms with Gasteiger partial charge >= 0.3 is 0 Å². The second-order valence-electron chi connectivity index (χ2n) is 4.88. The highest BCUT2D eigenvalue weighted by Crippen LogP contribution is 2.24. The fourth-order valence-corrected chi connectivity index (χ4v) is 2.50. The van der Waals surface area contributed by atoms with Crippen LogP contribution in [0.4, 0.5) is 11.4 Å². The van der Waals surface area contributed by atoms with Gasteiger partial charge in [-0.05, 0) is 17.7 Å². The Balaban J connectivity index is 1.80. The van der Waals surface area contributed by atoms with E-state index in [9.17, 15) is 0 Å². The number of hydrogen-bond donors (Lipinski definition) is 1. The summed E-state index contributed by atoms with van der Waals surface area (Å²) in [6.45, 7) is 0.719. The van der Waals surface area contributed by atoms with Crippen LogP contribution in [0.25, 0.3) is 6.08 Å². The van der Waals surface area contributed by atoms with E-state index < -0.39 is 0 Å². The molecule has 21 heavy (non-hydrogen) atoms. The Hall–Kier alpha value is -2.95. The molecule has 0 aromatic heterocycles. The standard InChI is InChI=1S/C16H13N5/c1-2-5-12(6-3-1)11-21-16-14(18-20-21)9-8-13-7-4-10-17-19-15(13)16/h1-10,20H,11H2. The first-order valence-corrected chi connectivity index (χ1v) is 6.77. The van der Waals surface area contributed by atoms with Gasteiger partial charge in [0.15, 0.2) is 0 Å². The maximum absolute atomic E-state index is 4.36. The summed E-state index contributed by atoms with van der Waals surface area (Å²) in [5.74, 6) is 0. The molecule has 0 fully saturated rings. The lowest BCUT2D eigenvalue weighted by Gasteiger charge is -2.19. The maximum Gasteiger partial charge on any atom is 0.120 e. The Morgan fingerprint density at radius 2 is 1.95 bits per heavy atom. The minimum absolute atomic E-state index is 0.719. The first-order chi connectivity index (χ1) is 10.4. The summed E-state index contributed by atoms with van der Waals surface area (Å²) in [4.78, 5) is 0. The van der Waals surface area contributed by atoms with Gasteiger partial charge in [0.2, 0.25) is 0 Å². The second kappa shape index (κ2) is 4.86. The molecule has 0 unspecified atom stereocenters. The summed E-state index contributed by atoms with van der Waals surface area (Å²) in [7, 11) is 0. The molecule has 2 aliphatic heterocycles. The van der Waals surface area contributed by atoms with E-state index in [0.29, 0.717) is 0 Å². The predicted octanol–water partition coefficient (Wildman–Crippen LogP) is 2.14. The summed E-state index contributed by atoms with van der Waals surface area (Å²) in [6, 6.07) is 14.3. The number of hydrazine groups is 1. The van der Waals surface area contributed by atoms with E-state index in [1.54, 1.807) is 6.20 Å². The van der Waals surface area contributed by atoms with Gasteiger partial charge < -0.3 is 0 Å². The van der Waals surface area contributed by atoms with Gasteiger partial charge in [-0.2, -0.15) is 10.2 Å². The summed E-state index contributed by atoms with van der Waals surface area (Å²) in [6.07, 6.45) is 5.59. The highest BCUT2D eigenvalue weighted by Gasteiger charge is 2.20. The average Bonchev–Trinajstić information content (AvgIpc) is 2.78. The zero-order valence-electron chi connectivity index (χ0n) is 11.3. The van der Waals surface area contributed by atoms with E-state index in [4.69, 9.17) is 0 Å². The molecule has 0 saturated carbocycles. The van der Waals surface area contributed by atoms with Crippen LogP contribution in [0.1, 0.15) is 5.56 Å². The second-order valence-corrected chi connectivity index (χ2v) is 4.88. The first-order valence-electron chi connectivity index (χ1n) is 6.77. The third-order valence-corrected chi connectivity index (χ3v) is 3.49. The zero-order valence-corrected chi connectivity index (χ0v) is 11.3. The van der Waals surface area contributed by atoms with Crippen molar-refractivity contribution in [3.8, 4) is 0 Å². The molecule has 2 aromatic carbocycles. The Morgan fingerprint density at radius 1 is 1.05 bits per heavy atom. The fraction of sp³-hybridized carbons (Fsp3) is 0.0625. The van der Waals surface area contributed by atoms with Gasteiger partial charge in [0.05, 0.1) is 6.54 Å². The first kappa shape index (κ1) is 11.8. The molecular weight excluding hydrogens is 262 g/mol. The molecule has 0 amide bonds. The van der Waals surface area contributed by atoms with E-state index >= 15 is 0 Å². The number of anilines is 1. The van der Waals surface area contributed by atoms with E-state index in [1.807, 2.05) is 47.5 Å². The van der Waals surface area contributed by atoms with Gasteiger partial charge in [0.25, 0.3) is 0 Å². The van der Waals surface area contributed by atoms with Crippen LogP contribution in [-0.2, 0) is 6.54 Å². The highest BCUT2D eigenvalue weighted by molar-refractivity contribution is 5.69. The number of nitrogens with zero attached hydrogens (tertiary/aromatic N) is 4. The molecule has 0 saturated heterocycles. The summed E-state index contributed by atoms with van der Waals surface area (Å²) < 4.78 is 0. The summed E-state index contributed by atoms with van der Waals surface area (Å²) in [5.41, 5.74) is 6.09. The molecule has 2 heterocycles. The zero-order chi connectivity index (χ0) is 14.1. The van der Waals surface area contributed by atoms with Crippen molar-refractivity contribution in [2.75, 3.05) is 5.01 Å². The number of azo groups is 1. The monoisotopic (exact) mass is 275 g/mol. The van der Waals surface area contributed by atoms with Crippen LogP contribution in [0.15, 0.2) is 70.1 Å². The van der Waals surface area contributed by atoms with Crippen LogP contribution in [0.3, 0.4) is 0 Å². The summed E-state index contributed by atoms with van der Waals surface area (Å²) in [5, 5.41) is 16.7. The fourth-order valence-electron chi connectivity index (χ4n) is 2.50. The van der Waals surface area contributed by atoms with Crippen molar-refractivity contribution in [2.24, 2.45) is 15.3 Å². The number of hydrogen-bond acceptors (Lipinski definition) is 5. The van der Waals surface area contributed by atoms with Crippen LogP contribution in [0.2, 0.25) is 0 Å². The minimum Gasteiger partial charge on any atom is -0.263 e. The van der Waals surface area contributed by atoms with E-state index in [1.165, 1.54) is 5.56 Å². The van der Waals surface area contributed by atoms with Crippen LogP contribution in [-0.4, -0.2) is 0 Å². The average molecular weight is 275 g/mol. The van der Waals surface area contributed by atoms with E-state index in [2.05, 4.69) is 33.0 Å². The van der Waals surface area contributed by atoms with Crippen LogP contribution in [0.5, 0.6) is 0 Å². The van der Waals surface area contributed by atoms with Crippen LogP contribution < -0.4 is 21.1 Å². The quantitative estimate of drug-likeness (QED) is 0.913. The number of fused-ring (bicyclic) bond motifs is 3. The SMILES string of the molecule is C1=CN=Nc2c3c(ccc2=C1)=NNN3Cc1ccccc1. The van der Waals surface area contributed by atoms with Gasteiger partial charge in [-0.1, -0.05) is 42.5 Å². The third kappa shape index (κ3) is 2.08. The van der Waals surface area contributed by atoms with Gasteiger partial charge in [0.1, 0.15) is 16.7 Å². The topological polar surface area (TPSA) is 52.4 Å². The normalized spacial score (nSPS) is 14.6. The molecule has 2 aliphatic rings. The molecule has 102 valence electrons. The third-order valence-electron chi connectivity index (χ3n) is 3.49. The molecule has 4 rings (SSSR count). The van der Waals surface area contributed by atoms with Gasteiger partial charge in [0, 0.05) is 11.4 Å². The Labute approximate surface area is 121 Å². The lowest BCUT2D eigenvalue weighted by molar-refractivity contribution is 0.675. The molecule has 0 spiro atoms. The molecule has 5 heteroatoms.